The van der Waals surface area contributed by atoms with E-state index in [0.29, 0.717) is 12.8 Å². The first kappa shape index (κ1) is 14.5. The molecule has 0 N–H and O–H groups in total. The van der Waals surface area contributed by atoms with E-state index in [0.717, 1.165) is 0 Å². The van der Waals surface area contributed by atoms with Crippen LogP contribution < -0.4 is 0 Å². The summed E-state index contributed by atoms with van der Waals surface area (Å²) in [6, 6.07) is 0. The van der Waals surface area contributed by atoms with Crippen molar-refractivity contribution in [1.29, 1.82) is 0 Å². The van der Waals surface area contributed by atoms with Crippen LogP contribution in [0.4, 0.5) is 0 Å². The van der Waals surface area contributed by atoms with Gasteiger partial charge in [-0.2, -0.15) is 8.42 Å². The van der Waals surface area contributed by atoms with Gasteiger partial charge in [0, 0.05) is 17.4 Å². The number of carbonyl (C=O) groups excluding carboxylic acids is 2. The largest absolute Gasteiger partial charge is 0.458 e. The number of ether oxygens (including phenoxy) is 2. The van der Waals surface area contributed by atoms with Crippen molar-refractivity contribution in [3.05, 3.63) is 12.2 Å². The van der Waals surface area contributed by atoms with Crippen molar-refractivity contribution >= 4 is 22.1 Å². The Kier molecular flexibility index (Phi) is 3.32. The van der Waals surface area contributed by atoms with E-state index in [1.54, 1.807) is 0 Å². The molecule has 3 fully saturated rings. The average Bonchev–Trinajstić information content (AvgIpc) is 2.96. The molecular weight excluding hydrogens is 300 g/mol. The third kappa shape index (κ3) is 2.36. The Morgan fingerprint density at radius 2 is 2.05 bits per heavy atom. The minimum atomic E-state index is -3.67. The first-order chi connectivity index (χ1) is 9.79. The fourth-order valence-electron chi connectivity index (χ4n) is 3.52. The Morgan fingerprint density at radius 1 is 1.33 bits per heavy atom. The molecule has 0 aromatic carbocycles. The number of rotatable bonds is 4. The second-order valence-electron chi connectivity index (χ2n) is 5.80. The lowest BCUT2D eigenvalue weighted by Gasteiger charge is -2.24. The van der Waals surface area contributed by atoms with E-state index in [4.69, 9.17) is 13.7 Å². The quantitative estimate of drug-likeness (QED) is 0.414. The van der Waals surface area contributed by atoms with E-state index in [2.05, 4.69) is 6.58 Å². The molecular formula is C13H16O7S. The van der Waals surface area contributed by atoms with Gasteiger partial charge < -0.3 is 9.47 Å². The van der Waals surface area contributed by atoms with Gasteiger partial charge in [-0.3, -0.25) is 4.18 Å². The minimum absolute atomic E-state index is 0.00284. The molecule has 5 atom stereocenters. The molecule has 1 aliphatic heterocycles. The highest BCUT2D eigenvalue weighted by molar-refractivity contribution is 7.87. The normalized spacial score (nSPS) is 38.2. The van der Waals surface area contributed by atoms with E-state index in [9.17, 15) is 18.0 Å². The average molecular weight is 316 g/mol. The van der Waals surface area contributed by atoms with Gasteiger partial charge in [-0.15, -0.1) is 0 Å². The van der Waals surface area contributed by atoms with Gasteiger partial charge in [0.1, 0.15) is 11.4 Å². The van der Waals surface area contributed by atoms with Gasteiger partial charge in [-0.1, -0.05) is 6.58 Å². The predicted molar refractivity (Wildman–Crippen MR) is 69.4 cm³/mol. The molecule has 21 heavy (non-hydrogen) atoms. The molecule has 1 saturated heterocycles. The van der Waals surface area contributed by atoms with Crippen molar-refractivity contribution in [2.24, 2.45) is 11.8 Å². The van der Waals surface area contributed by atoms with Crippen molar-refractivity contribution in [2.75, 3.05) is 6.61 Å². The van der Waals surface area contributed by atoms with Crippen LogP contribution in [0.2, 0.25) is 0 Å². The van der Waals surface area contributed by atoms with Crippen LogP contribution >= 0.6 is 0 Å². The molecule has 2 aliphatic carbocycles. The zero-order valence-electron chi connectivity index (χ0n) is 11.5. The monoisotopic (exact) mass is 316 g/mol. The fraction of sp³-hybridized carbons (Fsp3) is 0.692. The fourth-order valence-corrected chi connectivity index (χ4v) is 5.53. The van der Waals surface area contributed by atoms with Crippen LogP contribution in [0.1, 0.15) is 19.8 Å². The van der Waals surface area contributed by atoms with Gasteiger partial charge in [0.2, 0.25) is 0 Å². The lowest BCUT2D eigenvalue weighted by Crippen LogP contribution is -2.40. The number of carbonyl (C=O) groups is 2. The SMILES string of the molecule is C=C(C)C(=O)OCC(=O)OC1C2CC3OS(=O)(=O)C1C3C2. The molecule has 8 heteroatoms. The third-order valence-electron chi connectivity index (χ3n) is 4.33. The Bertz CT molecular complexity index is 606. The topological polar surface area (TPSA) is 96.0 Å². The zero-order chi connectivity index (χ0) is 15.4. The van der Waals surface area contributed by atoms with Crippen molar-refractivity contribution in [1.82, 2.24) is 0 Å². The van der Waals surface area contributed by atoms with Crippen LogP contribution in [0.15, 0.2) is 12.2 Å². The maximum absolute atomic E-state index is 11.9. The van der Waals surface area contributed by atoms with Crippen LogP contribution in [-0.4, -0.2) is 44.4 Å². The summed E-state index contributed by atoms with van der Waals surface area (Å²) in [7, 11) is -3.67. The van der Waals surface area contributed by atoms with Gasteiger partial charge in [0.25, 0.3) is 10.1 Å². The molecule has 7 nitrogen and oxygen atoms in total. The Hall–Kier alpha value is -1.41. The Morgan fingerprint density at radius 3 is 2.71 bits per heavy atom. The summed E-state index contributed by atoms with van der Waals surface area (Å²) >= 11 is 0. The summed E-state index contributed by atoms with van der Waals surface area (Å²) in [5, 5.41) is -0.776. The van der Waals surface area contributed by atoms with Crippen LogP contribution in [0.3, 0.4) is 0 Å². The molecule has 0 aromatic rings. The van der Waals surface area contributed by atoms with E-state index < -0.39 is 40.0 Å². The second kappa shape index (κ2) is 4.81. The summed E-state index contributed by atoms with van der Waals surface area (Å²) in [4.78, 5) is 22.9. The van der Waals surface area contributed by atoms with E-state index in [-0.39, 0.29) is 23.5 Å². The third-order valence-corrected chi connectivity index (χ3v) is 6.13. The summed E-state index contributed by atoms with van der Waals surface area (Å²) in [6.07, 6.45) is 0.318. The molecule has 2 saturated carbocycles. The highest BCUT2D eigenvalue weighted by Crippen LogP contribution is 2.55. The van der Waals surface area contributed by atoms with Crippen LogP contribution in [0.5, 0.6) is 0 Å². The number of hydrogen-bond donors (Lipinski definition) is 0. The van der Waals surface area contributed by atoms with Gasteiger partial charge in [-0.05, 0) is 19.8 Å². The van der Waals surface area contributed by atoms with Crippen molar-refractivity contribution in [3.8, 4) is 0 Å². The van der Waals surface area contributed by atoms with Crippen molar-refractivity contribution in [2.45, 2.75) is 37.2 Å². The summed E-state index contributed by atoms with van der Waals surface area (Å²) in [5.74, 6) is -1.52. The van der Waals surface area contributed by atoms with Gasteiger partial charge in [0.05, 0.1) is 6.10 Å². The lowest BCUT2D eigenvalue weighted by molar-refractivity contribution is -0.162. The number of fused-ring (bicyclic) bond motifs is 1. The van der Waals surface area contributed by atoms with Gasteiger partial charge in [0.15, 0.2) is 6.61 Å². The van der Waals surface area contributed by atoms with E-state index >= 15 is 0 Å². The summed E-state index contributed by atoms with van der Waals surface area (Å²) in [5.41, 5.74) is 0.178. The minimum Gasteiger partial charge on any atom is -0.458 e. The molecule has 116 valence electrons. The maximum atomic E-state index is 11.9. The standard InChI is InChI=1S/C13H16O7S/c1-6(2)13(15)18-5-10(14)19-11-7-3-8-9(4-7)20-21(16,17)12(8)11/h7-9,11-12H,1,3-5H2,2H3. The molecule has 0 radical (unpaired) electrons. The van der Waals surface area contributed by atoms with Crippen LogP contribution in [0, 0.1) is 11.8 Å². The van der Waals surface area contributed by atoms with Crippen molar-refractivity contribution in [3.63, 3.8) is 0 Å². The highest BCUT2D eigenvalue weighted by Gasteiger charge is 2.66. The maximum Gasteiger partial charge on any atom is 0.344 e. The van der Waals surface area contributed by atoms with E-state index in [1.165, 1.54) is 6.92 Å². The Balaban J connectivity index is 1.62. The smallest absolute Gasteiger partial charge is 0.344 e. The zero-order valence-corrected chi connectivity index (χ0v) is 12.3. The molecule has 0 spiro atoms. The predicted octanol–water partition coefficient (Wildman–Crippen LogP) is 0.155. The molecule has 2 bridgehead atoms. The van der Waals surface area contributed by atoms with Gasteiger partial charge >= 0.3 is 11.9 Å². The van der Waals surface area contributed by atoms with Crippen LogP contribution in [0.25, 0.3) is 0 Å². The molecule has 0 amide bonds. The molecule has 0 aromatic heterocycles. The first-order valence-corrected chi connectivity index (χ1v) is 8.21. The van der Waals surface area contributed by atoms with Crippen molar-refractivity contribution < 1.29 is 31.7 Å². The molecule has 3 aliphatic rings. The van der Waals surface area contributed by atoms with Gasteiger partial charge in [-0.25, -0.2) is 9.59 Å². The molecule has 1 heterocycles. The van der Waals surface area contributed by atoms with Crippen LogP contribution in [-0.2, 0) is 33.4 Å². The first-order valence-electron chi connectivity index (χ1n) is 6.74. The molecule has 3 rings (SSSR count). The summed E-state index contributed by atoms with van der Waals surface area (Å²) in [6.45, 7) is 4.31. The highest BCUT2D eigenvalue weighted by atomic mass is 32.2. The summed E-state index contributed by atoms with van der Waals surface area (Å²) < 4.78 is 38.8. The Labute approximate surface area is 122 Å². The molecule has 5 unspecified atom stereocenters. The van der Waals surface area contributed by atoms with E-state index in [1.807, 2.05) is 0 Å². The number of esters is 2. The second-order valence-corrected chi connectivity index (χ2v) is 7.52. The number of hydrogen-bond acceptors (Lipinski definition) is 7. The lowest BCUT2D eigenvalue weighted by atomic mass is 9.95.